The molecule has 6 rings (SSSR count). The van der Waals surface area contributed by atoms with Gasteiger partial charge in [0.15, 0.2) is 17.9 Å². The highest BCUT2D eigenvalue weighted by molar-refractivity contribution is 7.15. The summed E-state index contributed by atoms with van der Waals surface area (Å²) in [5, 5.41) is 1.21. The van der Waals surface area contributed by atoms with Crippen molar-refractivity contribution in [2.24, 2.45) is 0 Å². The van der Waals surface area contributed by atoms with Crippen LogP contribution in [-0.4, -0.2) is 53.5 Å². The Morgan fingerprint density at radius 3 is 2.73 bits per heavy atom. The van der Waals surface area contributed by atoms with E-state index in [-0.39, 0.29) is 6.29 Å². The van der Waals surface area contributed by atoms with Crippen LogP contribution in [-0.2, 0) is 16.1 Å². The molecule has 3 fully saturated rings. The average Bonchev–Trinajstić information content (AvgIpc) is 3.68. The maximum atomic E-state index is 6.45. The number of anilines is 1. The second-order valence-corrected chi connectivity index (χ2v) is 12.7. The predicted molar refractivity (Wildman–Crippen MR) is 163 cm³/mol. The molecule has 1 aromatic carbocycles. The summed E-state index contributed by atoms with van der Waals surface area (Å²) < 4.78 is 18.5. The Balaban J connectivity index is 1.11. The minimum absolute atomic E-state index is 0.128. The van der Waals surface area contributed by atoms with Crippen molar-refractivity contribution in [1.82, 2.24) is 14.9 Å². The summed E-state index contributed by atoms with van der Waals surface area (Å²) in [6.07, 6.45) is 13.4. The molecule has 4 heterocycles. The third kappa shape index (κ3) is 7.10. The van der Waals surface area contributed by atoms with E-state index in [2.05, 4.69) is 34.8 Å². The maximum Gasteiger partial charge on any atom is 0.166 e. The van der Waals surface area contributed by atoms with Gasteiger partial charge in [0.2, 0.25) is 0 Å². The fourth-order valence-corrected chi connectivity index (χ4v) is 7.00. The van der Waals surface area contributed by atoms with Gasteiger partial charge in [-0.2, -0.15) is 0 Å². The minimum atomic E-state index is -0.404. The number of aromatic nitrogens is 2. The van der Waals surface area contributed by atoms with Crippen molar-refractivity contribution in [2.45, 2.75) is 82.2 Å². The van der Waals surface area contributed by atoms with Crippen LogP contribution in [0.15, 0.2) is 42.7 Å². The lowest BCUT2D eigenvalue weighted by atomic mass is 9.98. The van der Waals surface area contributed by atoms with E-state index in [1.807, 2.05) is 36.7 Å². The van der Waals surface area contributed by atoms with E-state index in [0.717, 1.165) is 99.1 Å². The standard InChI is InChI=1S/C33H40N4O3S/c1-37-16-11-26(12-17-37)32-36-22-29(41-32)27-20-28(31(34)35-21-27)39-23-25-8-6-7-24(19-25)10-15-33(13-3-4-14-33)40-30-9-2-5-18-38-30/h6-8,19-22,26,30H,2-5,9,11-14,16-18,23H2,1H3,(H2,34,35). The van der Waals surface area contributed by atoms with E-state index >= 15 is 0 Å². The van der Waals surface area contributed by atoms with Gasteiger partial charge in [-0.1, -0.05) is 24.0 Å². The van der Waals surface area contributed by atoms with Crippen molar-refractivity contribution < 1.29 is 14.2 Å². The molecule has 1 unspecified atom stereocenters. The van der Waals surface area contributed by atoms with Crippen molar-refractivity contribution in [3.05, 3.63) is 58.9 Å². The summed E-state index contributed by atoms with van der Waals surface area (Å²) in [4.78, 5) is 12.7. The first-order valence-electron chi connectivity index (χ1n) is 15.0. The van der Waals surface area contributed by atoms with E-state index in [4.69, 9.17) is 24.9 Å². The fourth-order valence-electron chi connectivity index (χ4n) is 5.93. The summed E-state index contributed by atoms with van der Waals surface area (Å²) >= 11 is 1.75. The van der Waals surface area contributed by atoms with Crippen LogP contribution >= 0.6 is 11.3 Å². The van der Waals surface area contributed by atoms with Crippen LogP contribution in [0, 0.1) is 11.8 Å². The molecule has 8 heteroatoms. The molecule has 3 aliphatic rings. The van der Waals surface area contributed by atoms with Crippen LogP contribution < -0.4 is 10.5 Å². The Hall–Kier alpha value is -2.96. The number of rotatable bonds is 7. The summed E-state index contributed by atoms with van der Waals surface area (Å²) in [6, 6.07) is 10.2. The molecule has 2 aromatic heterocycles. The first kappa shape index (κ1) is 28.2. The monoisotopic (exact) mass is 572 g/mol. The van der Waals surface area contributed by atoms with Gasteiger partial charge in [0.25, 0.3) is 0 Å². The molecule has 0 spiro atoms. The molecule has 0 bridgehead atoms. The second kappa shape index (κ2) is 12.9. The topological polar surface area (TPSA) is 82.7 Å². The zero-order valence-corrected chi connectivity index (χ0v) is 24.8. The van der Waals surface area contributed by atoms with Crippen molar-refractivity contribution >= 4 is 17.2 Å². The highest BCUT2D eigenvalue weighted by atomic mass is 32.1. The van der Waals surface area contributed by atoms with Crippen molar-refractivity contribution in [3.63, 3.8) is 0 Å². The van der Waals surface area contributed by atoms with Crippen molar-refractivity contribution in [2.75, 3.05) is 32.5 Å². The van der Waals surface area contributed by atoms with Crippen LogP contribution in [0.2, 0.25) is 0 Å². The molecule has 1 saturated carbocycles. The molecule has 7 nitrogen and oxygen atoms in total. The van der Waals surface area contributed by atoms with Crippen LogP contribution in [0.3, 0.4) is 0 Å². The second-order valence-electron chi connectivity index (χ2n) is 11.6. The molecule has 2 aliphatic heterocycles. The highest BCUT2D eigenvalue weighted by Crippen LogP contribution is 2.37. The molecule has 2 N–H and O–H groups in total. The van der Waals surface area contributed by atoms with Crippen LogP contribution in [0.4, 0.5) is 5.82 Å². The number of nitrogens with zero attached hydrogens (tertiary/aromatic N) is 3. The lowest BCUT2D eigenvalue weighted by Gasteiger charge is -2.31. The molecule has 0 amide bonds. The number of pyridine rings is 1. The van der Waals surface area contributed by atoms with Crippen molar-refractivity contribution in [1.29, 1.82) is 0 Å². The van der Waals surface area contributed by atoms with Crippen LogP contribution in [0.1, 0.15) is 79.8 Å². The van der Waals surface area contributed by atoms with Gasteiger partial charge in [-0.15, -0.1) is 11.3 Å². The molecule has 3 aromatic rings. The first-order chi connectivity index (χ1) is 20.1. The number of likely N-dealkylation sites (tertiary alicyclic amines) is 1. The Labute approximate surface area is 247 Å². The number of benzene rings is 1. The van der Waals surface area contributed by atoms with E-state index in [9.17, 15) is 0 Å². The Morgan fingerprint density at radius 2 is 1.93 bits per heavy atom. The molecule has 0 radical (unpaired) electrons. The lowest BCUT2D eigenvalue weighted by molar-refractivity contribution is -0.206. The quantitative estimate of drug-likeness (QED) is 0.329. The van der Waals surface area contributed by atoms with Gasteiger partial charge in [-0.05, 0) is 102 Å². The highest BCUT2D eigenvalue weighted by Gasteiger charge is 2.36. The zero-order chi connectivity index (χ0) is 28.1. The van der Waals surface area contributed by atoms with Crippen LogP contribution in [0.5, 0.6) is 5.75 Å². The summed E-state index contributed by atoms with van der Waals surface area (Å²) in [6.45, 7) is 3.41. The third-order valence-corrected chi connectivity index (χ3v) is 9.63. The number of nitrogen functional groups attached to an aromatic ring is 1. The number of thiazole rings is 1. The maximum absolute atomic E-state index is 6.45. The van der Waals surface area contributed by atoms with E-state index in [1.165, 1.54) is 5.01 Å². The Kier molecular flexibility index (Phi) is 8.87. The van der Waals surface area contributed by atoms with E-state index < -0.39 is 5.60 Å². The minimum Gasteiger partial charge on any atom is -0.485 e. The molecular formula is C33H40N4O3S. The summed E-state index contributed by atoms with van der Waals surface area (Å²) in [5.41, 5.74) is 8.77. The fraction of sp³-hybridized carbons (Fsp3) is 0.515. The Bertz CT molecular complexity index is 1380. The third-order valence-electron chi connectivity index (χ3n) is 8.42. The van der Waals surface area contributed by atoms with Gasteiger partial charge in [0.05, 0.1) is 9.88 Å². The predicted octanol–water partition coefficient (Wildman–Crippen LogP) is 6.38. The van der Waals surface area contributed by atoms with Gasteiger partial charge in [-0.3, -0.25) is 0 Å². The Morgan fingerprint density at radius 1 is 1.07 bits per heavy atom. The van der Waals surface area contributed by atoms with Crippen molar-refractivity contribution in [3.8, 4) is 28.0 Å². The number of ether oxygens (including phenoxy) is 3. The van der Waals surface area contributed by atoms with Gasteiger partial charge in [-0.25, -0.2) is 9.97 Å². The summed E-state index contributed by atoms with van der Waals surface area (Å²) in [5.74, 6) is 8.39. The van der Waals surface area contributed by atoms with Gasteiger partial charge >= 0.3 is 0 Å². The van der Waals surface area contributed by atoms with Crippen LogP contribution in [0.25, 0.3) is 10.4 Å². The molecular weight excluding hydrogens is 532 g/mol. The summed E-state index contributed by atoms with van der Waals surface area (Å²) in [7, 11) is 2.18. The number of hydrogen-bond acceptors (Lipinski definition) is 8. The SMILES string of the molecule is CN1CCC(c2ncc(-c3cnc(N)c(OCc4cccc(C#CC5(OC6CCCCO6)CCCC5)c4)c3)s2)CC1. The smallest absolute Gasteiger partial charge is 0.166 e. The average molecular weight is 573 g/mol. The number of nitrogens with two attached hydrogens (primary N) is 1. The zero-order valence-electron chi connectivity index (χ0n) is 23.9. The molecule has 1 aliphatic carbocycles. The van der Waals surface area contributed by atoms with E-state index in [0.29, 0.717) is 24.1 Å². The molecule has 41 heavy (non-hydrogen) atoms. The van der Waals surface area contributed by atoms with E-state index in [1.54, 1.807) is 11.3 Å². The number of hydrogen-bond donors (Lipinski definition) is 1. The molecule has 216 valence electrons. The van der Waals surface area contributed by atoms with Gasteiger partial charge < -0.3 is 24.8 Å². The molecule has 2 saturated heterocycles. The normalized spacial score (nSPS) is 21.3. The number of piperidine rings is 1. The first-order valence-corrected chi connectivity index (χ1v) is 15.8. The largest absolute Gasteiger partial charge is 0.485 e. The van der Waals surface area contributed by atoms with Gasteiger partial charge in [0.1, 0.15) is 12.2 Å². The van der Waals surface area contributed by atoms with Gasteiger partial charge in [0, 0.05) is 36.0 Å². The molecule has 1 atom stereocenters. The lowest BCUT2D eigenvalue weighted by Crippen LogP contribution is -2.35.